The Hall–Kier alpha value is -2.25. The summed E-state index contributed by atoms with van der Waals surface area (Å²) < 4.78 is 40.1. The Kier molecular flexibility index (Phi) is 7.37. The third-order valence-electron chi connectivity index (χ3n) is 2.89. The van der Waals surface area contributed by atoms with Crippen molar-refractivity contribution in [3.8, 4) is 5.75 Å². The molecule has 128 valence electrons. The van der Waals surface area contributed by atoms with Gasteiger partial charge in [-0.05, 0) is 30.5 Å². The van der Waals surface area contributed by atoms with Gasteiger partial charge in [0.25, 0.3) is 0 Å². The van der Waals surface area contributed by atoms with Gasteiger partial charge in [0.1, 0.15) is 5.75 Å². The molecular weight excluding hydrogens is 315 g/mol. The van der Waals surface area contributed by atoms with Crippen LogP contribution < -0.4 is 10.1 Å². The zero-order chi connectivity index (χ0) is 17.3. The molecule has 0 unspecified atom stereocenters. The Bertz CT molecular complexity index is 532. The van der Waals surface area contributed by atoms with E-state index < -0.39 is 12.3 Å². The van der Waals surface area contributed by atoms with Gasteiger partial charge in [0.2, 0.25) is 5.91 Å². The van der Waals surface area contributed by atoms with E-state index >= 15 is 0 Å². The second-order valence-corrected chi connectivity index (χ2v) is 4.93. The number of carbonyl (C=O) groups excluding carboxylic acids is 1. The number of unbranched alkanes of at least 4 members (excludes halogenated alkanes) is 2. The molecule has 0 radical (unpaired) electrons. The molecule has 0 aliphatic heterocycles. The van der Waals surface area contributed by atoms with Gasteiger partial charge in [-0.25, -0.2) is 0 Å². The van der Waals surface area contributed by atoms with Gasteiger partial charge >= 0.3 is 12.3 Å². The number of benzene rings is 1. The van der Waals surface area contributed by atoms with E-state index in [0.717, 1.165) is 6.07 Å². The molecular formula is C15H18F3NO4. The molecule has 0 aromatic heterocycles. The summed E-state index contributed by atoms with van der Waals surface area (Å²) in [6.07, 6.45) is -2.85. The van der Waals surface area contributed by atoms with Crippen LogP contribution in [0.15, 0.2) is 24.3 Å². The number of carboxylic acid groups (broad SMARTS) is 1. The van der Waals surface area contributed by atoms with Crippen molar-refractivity contribution in [1.82, 2.24) is 5.32 Å². The molecule has 1 rings (SSSR count). The highest BCUT2D eigenvalue weighted by molar-refractivity contribution is 5.78. The summed E-state index contributed by atoms with van der Waals surface area (Å²) in [5, 5.41) is 11.1. The molecule has 0 saturated heterocycles. The van der Waals surface area contributed by atoms with Gasteiger partial charge in [-0.1, -0.05) is 18.6 Å². The number of hydrogen-bond donors (Lipinski definition) is 2. The Morgan fingerprint density at radius 2 is 1.91 bits per heavy atom. The minimum atomic E-state index is -4.77. The molecule has 2 N–H and O–H groups in total. The third kappa shape index (κ3) is 9.38. The first-order valence-corrected chi connectivity index (χ1v) is 7.09. The fraction of sp³-hybridized carbons (Fsp3) is 0.467. The Labute approximate surface area is 131 Å². The van der Waals surface area contributed by atoms with Crippen molar-refractivity contribution < 1.29 is 32.6 Å². The first kappa shape index (κ1) is 18.8. The molecule has 0 saturated carbocycles. The zero-order valence-electron chi connectivity index (χ0n) is 12.4. The summed E-state index contributed by atoms with van der Waals surface area (Å²) in [5.41, 5.74) is 0.412. The number of alkyl halides is 3. The van der Waals surface area contributed by atoms with E-state index in [1.165, 1.54) is 18.2 Å². The van der Waals surface area contributed by atoms with Crippen LogP contribution in [0.1, 0.15) is 31.2 Å². The van der Waals surface area contributed by atoms with Gasteiger partial charge < -0.3 is 15.2 Å². The first-order chi connectivity index (χ1) is 10.8. The lowest BCUT2D eigenvalue weighted by molar-refractivity contribution is -0.274. The molecule has 0 aliphatic carbocycles. The summed E-state index contributed by atoms with van der Waals surface area (Å²) in [4.78, 5) is 22.0. The molecule has 0 atom stereocenters. The number of nitrogens with one attached hydrogen (secondary N) is 1. The van der Waals surface area contributed by atoms with Crippen LogP contribution in [0.25, 0.3) is 0 Å². The monoisotopic (exact) mass is 333 g/mol. The van der Waals surface area contributed by atoms with Crippen molar-refractivity contribution in [3.05, 3.63) is 29.8 Å². The molecule has 0 heterocycles. The lowest BCUT2D eigenvalue weighted by Gasteiger charge is -2.10. The van der Waals surface area contributed by atoms with Crippen LogP contribution in [-0.4, -0.2) is 29.9 Å². The SMILES string of the molecule is O=C(O)CCCCCNC(=O)Cc1cccc(OC(F)(F)F)c1. The molecule has 0 aliphatic rings. The van der Waals surface area contributed by atoms with Crippen molar-refractivity contribution in [2.75, 3.05) is 6.54 Å². The maximum atomic E-state index is 12.1. The molecule has 0 spiro atoms. The van der Waals surface area contributed by atoms with Crippen molar-refractivity contribution >= 4 is 11.9 Å². The molecule has 8 heteroatoms. The van der Waals surface area contributed by atoms with Crippen LogP contribution in [0.4, 0.5) is 13.2 Å². The maximum absolute atomic E-state index is 12.1. The third-order valence-corrected chi connectivity index (χ3v) is 2.89. The highest BCUT2D eigenvalue weighted by atomic mass is 19.4. The maximum Gasteiger partial charge on any atom is 0.573 e. The molecule has 1 aromatic carbocycles. The van der Waals surface area contributed by atoms with E-state index in [0.29, 0.717) is 31.4 Å². The predicted molar refractivity (Wildman–Crippen MR) is 75.9 cm³/mol. The zero-order valence-corrected chi connectivity index (χ0v) is 12.4. The second kappa shape index (κ2) is 9.02. The fourth-order valence-electron chi connectivity index (χ4n) is 1.91. The Morgan fingerprint density at radius 1 is 1.17 bits per heavy atom. The normalized spacial score (nSPS) is 11.1. The van der Waals surface area contributed by atoms with Gasteiger partial charge in [0.05, 0.1) is 6.42 Å². The van der Waals surface area contributed by atoms with Gasteiger partial charge in [-0.15, -0.1) is 13.2 Å². The Balaban J connectivity index is 2.31. The standard InChI is InChI=1S/C15H18F3NO4/c16-15(17,18)23-12-6-4-5-11(9-12)10-13(20)19-8-3-1-2-7-14(21)22/h4-6,9H,1-3,7-8,10H2,(H,19,20)(H,21,22). The number of carboxylic acids is 1. The van der Waals surface area contributed by atoms with E-state index in [2.05, 4.69) is 10.1 Å². The van der Waals surface area contributed by atoms with Crippen molar-refractivity contribution in [2.24, 2.45) is 0 Å². The summed E-state index contributed by atoms with van der Waals surface area (Å²) >= 11 is 0. The Morgan fingerprint density at radius 3 is 2.57 bits per heavy atom. The van der Waals surface area contributed by atoms with E-state index in [9.17, 15) is 22.8 Å². The number of rotatable bonds is 9. The first-order valence-electron chi connectivity index (χ1n) is 7.09. The molecule has 23 heavy (non-hydrogen) atoms. The lowest BCUT2D eigenvalue weighted by atomic mass is 10.1. The minimum Gasteiger partial charge on any atom is -0.481 e. The topological polar surface area (TPSA) is 75.6 Å². The van der Waals surface area contributed by atoms with Crippen molar-refractivity contribution in [3.63, 3.8) is 0 Å². The minimum absolute atomic E-state index is 0.0514. The molecule has 0 bridgehead atoms. The molecule has 1 aromatic rings. The van der Waals surface area contributed by atoms with Crippen LogP contribution in [0.3, 0.4) is 0 Å². The molecule has 5 nitrogen and oxygen atoms in total. The largest absolute Gasteiger partial charge is 0.573 e. The second-order valence-electron chi connectivity index (χ2n) is 4.93. The number of carbonyl (C=O) groups is 2. The fourth-order valence-corrected chi connectivity index (χ4v) is 1.91. The highest BCUT2D eigenvalue weighted by Gasteiger charge is 2.31. The highest BCUT2D eigenvalue weighted by Crippen LogP contribution is 2.23. The number of hydrogen-bond acceptors (Lipinski definition) is 3. The van der Waals surface area contributed by atoms with Crippen molar-refractivity contribution in [1.29, 1.82) is 0 Å². The summed E-state index contributed by atoms with van der Waals surface area (Å²) in [5.74, 6) is -1.53. The number of ether oxygens (including phenoxy) is 1. The van der Waals surface area contributed by atoms with E-state index in [1.54, 1.807) is 0 Å². The average molecular weight is 333 g/mol. The van der Waals surface area contributed by atoms with Crippen LogP contribution in [0, 0.1) is 0 Å². The number of amides is 1. The average Bonchev–Trinajstić information content (AvgIpc) is 2.40. The van der Waals surface area contributed by atoms with Gasteiger partial charge in [-0.2, -0.15) is 0 Å². The summed E-state index contributed by atoms with van der Waals surface area (Å²) in [6, 6.07) is 5.25. The summed E-state index contributed by atoms with van der Waals surface area (Å²) in [6.45, 7) is 0.400. The smallest absolute Gasteiger partial charge is 0.481 e. The van der Waals surface area contributed by atoms with Crippen LogP contribution in [-0.2, 0) is 16.0 Å². The number of halogens is 3. The quantitative estimate of drug-likeness (QED) is 0.681. The van der Waals surface area contributed by atoms with Crippen LogP contribution in [0.5, 0.6) is 5.75 Å². The molecule has 1 amide bonds. The van der Waals surface area contributed by atoms with E-state index in [1.807, 2.05) is 0 Å². The lowest BCUT2D eigenvalue weighted by Crippen LogP contribution is -2.26. The molecule has 0 fully saturated rings. The number of aliphatic carboxylic acids is 1. The summed E-state index contributed by atoms with van der Waals surface area (Å²) in [7, 11) is 0. The van der Waals surface area contributed by atoms with E-state index in [-0.39, 0.29) is 24.5 Å². The van der Waals surface area contributed by atoms with Gasteiger partial charge in [0.15, 0.2) is 0 Å². The van der Waals surface area contributed by atoms with Gasteiger partial charge in [0, 0.05) is 13.0 Å². The predicted octanol–water partition coefficient (Wildman–Crippen LogP) is 2.89. The van der Waals surface area contributed by atoms with Crippen molar-refractivity contribution in [2.45, 2.75) is 38.5 Å². The van der Waals surface area contributed by atoms with Crippen LogP contribution in [0.2, 0.25) is 0 Å². The van der Waals surface area contributed by atoms with E-state index in [4.69, 9.17) is 5.11 Å². The van der Waals surface area contributed by atoms with Crippen LogP contribution >= 0.6 is 0 Å². The van der Waals surface area contributed by atoms with Gasteiger partial charge in [-0.3, -0.25) is 9.59 Å².